The molecule has 1 heterocycles. The van der Waals surface area contributed by atoms with Gasteiger partial charge in [0.1, 0.15) is 0 Å². The number of hydrogen-bond acceptors (Lipinski definition) is 3. The van der Waals surface area contributed by atoms with Crippen LogP contribution in [0.1, 0.15) is 44.9 Å². The molecule has 0 amide bonds. The second-order valence-corrected chi connectivity index (χ2v) is 9.15. The smallest absolute Gasteiger partial charge is 0.281 e. The van der Waals surface area contributed by atoms with E-state index in [0.29, 0.717) is 31.5 Å². The minimum atomic E-state index is -3.23. The van der Waals surface area contributed by atoms with Gasteiger partial charge in [-0.25, -0.2) is 0 Å². The predicted octanol–water partition coefficient (Wildman–Crippen LogP) is 1.43. The molecule has 0 aromatic heterocycles. The van der Waals surface area contributed by atoms with Gasteiger partial charge in [0, 0.05) is 32.7 Å². The molecular formula is C15H29N3O2S. The first-order valence-corrected chi connectivity index (χ1v) is 9.90. The highest BCUT2D eigenvalue weighted by Gasteiger charge is 2.33. The lowest BCUT2D eigenvalue weighted by Gasteiger charge is -2.36. The molecule has 2 saturated carbocycles. The minimum absolute atomic E-state index is 0.588. The fraction of sp³-hybridized carbons (Fsp3) is 1.00. The summed E-state index contributed by atoms with van der Waals surface area (Å²) < 4.78 is 28.4. The SMILES string of the molecule is CN(CC1CCC1)S(=O)(=O)N1CCC(CNC2CC2)CC1. The Bertz CT molecular complexity index is 438. The Morgan fingerprint density at radius 2 is 1.71 bits per heavy atom. The second-order valence-electron chi connectivity index (χ2n) is 7.11. The second kappa shape index (κ2) is 6.52. The normalized spacial score (nSPS) is 26.2. The van der Waals surface area contributed by atoms with Gasteiger partial charge in [0.15, 0.2) is 0 Å². The van der Waals surface area contributed by atoms with Crippen LogP contribution in [0.5, 0.6) is 0 Å². The van der Waals surface area contributed by atoms with E-state index in [1.807, 2.05) is 0 Å². The first kappa shape index (κ1) is 15.7. The van der Waals surface area contributed by atoms with Crippen LogP contribution >= 0.6 is 0 Å². The van der Waals surface area contributed by atoms with Crippen molar-refractivity contribution in [1.82, 2.24) is 13.9 Å². The molecule has 0 radical (unpaired) electrons. The topological polar surface area (TPSA) is 52.7 Å². The quantitative estimate of drug-likeness (QED) is 0.773. The van der Waals surface area contributed by atoms with Crippen molar-refractivity contribution < 1.29 is 8.42 Å². The highest BCUT2D eigenvalue weighted by molar-refractivity contribution is 7.86. The monoisotopic (exact) mass is 315 g/mol. The Labute approximate surface area is 129 Å². The molecule has 1 saturated heterocycles. The van der Waals surface area contributed by atoms with Crippen LogP contribution in [0.2, 0.25) is 0 Å². The molecule has 0 unspecified atom stereocenters. The summed E-state index contributed by atoms with van der Waals surface area (Å²) in [6.07, 6.45) is 8.27. The zero-order valence-electron chi connectivity index (χ0n) is 13.1. The van der Waals surface area contributed by atoms with Crippen molar-refractivity contribution in [3.05, 3.63) is 0 Å². The fourth-order valence-corrected chi connectivity index (χ4v) is 4.76. The van der Waals surface area contributed by atoms with E-state index in [1.165, 1.54) is 32.1 Å². The fourth-order valence-electron chi connectivity index (χ4n) is 3.30. The van der Waals surface area contributed by atoms with Crippen molar-refractivity contribution in [1.29, 1.82) is 0 Å². The van der Waals surface area contributed by atoms with Crippen LogP contribution in [0, 0.1) is 11.8 Å². The van der Waals surface area contributed by atoms with Gasteiger partial charge in [0.05, 0.1) is 0 Å². The summed E-state index contributed by atoms with van der Waals surface area (Å²) in [4.78, 5) is 0. The highest BCUT2D eigenvalue weighted by Crippen LogP contribution is 2.29. The molecule has 6 heteroatoms. The van der Waals surface area contributed by atoms with Gasteiger partial charge in [-0.05, 0) is 56.9 Å². The summed E-state index contributed by atoms with van der Waals surface area (Å²) in [5.74, 6) is 1.24. The van der Waals surface area contributed by atoms with Gasteiger partial charge in [-0.15, -0.1) is 0 Å². The maximum absolute atomic E-state index is 12.6. The molecule has 0 spiro atoms. The van der Waals surface area contributed by atoms with E-state index in [-0.39, 0.29) is 0 Å². The molecular weight excluding hydrogens is 286 g/mol. The highest BCUT2D eigenvalue weighted by atomic mass is 32.2. The van der Waals surface area contributed by atoms with Gasteiger partial charge in [-0.3, -0.25) is 0 Å². The molecule has 1 N–H and O–H groups in total. The van der Waals surface area contributed by atoms with E-state index in [9.17, 15) is 8.42 Å². The predicted molar refractivity (Wildman–Crippen MR) is 84.2 cm³/mol. The number of nitrogens with zero attached hydrogens (tertiary/aromatic N) is 2. The third-order valence-corrected chi connectivity index (χ3v) is 7.26. The minimum Gasteiger partial charge on any atom is -0.314 e. The summed E-state index contributed by atoms with van der Waals surface area (Å²) in [6.45, 7) is 3.14. The molecule has 0 atom stereocenters. The molecule has 3 rings (SSSR count). The third-order valence-electron chi connectivity index (χ3n) is 5.31. The zero-order chi connectivity index (χ0) is 14.9. The Hall–Kier alpha value is -0.170. The zero-order valence-corrected chi connectivity index (χ0v) is 13.9. The van der Waals surface area contributed by atoms with E-state index in [1.54, 1.807) is 15.7 Å². The Morgan fingerprint density at radius 1 is 1.05 bits per heavy atom. The van der Waals surface area contributed by atoms with Crippen molar-refractivity contribution in [2.24, 2.45) is 11.8 Å². The van der Waals surface area contributed by atoms with Crippen LogP contribution in [0.15, 0.2) is 0 Å². The molecule has 5 nitrogen and oxygen atoms in total. The Kier molecular flexibility index (Phi) is 4.88. The van der Waals surface area contributed by atoms with Gasteiger partial charge in [0.2, 0.25) is 0 Å². The van der Waals surface area contributed by atoms with Crippen molar-refractivity contribution >= 4 is 10.2 Å². The lowest BCUT2D eigenvalue weighted by Crippen LogP contribution is -2.48. The summed E-state index contributed by atoms with van der Waals surface area (Å²) in [5.41, 5.74) is 0. The maximum atomic E-state index is 12.6. The lowest BCUT2D eigenvalue weighted by atomic mass is 9.86. The number of hydrogen-bond donors (Lipinski definition) is 1. The largest absolute Gasteiger partial charge is 0.314 e. The summed E-state index contributed by atoms with van der Waals surface area (Å²) in [6, 6.07) is 0.750. The van der Waals surface area contributed by atoms with Crippen molar-refractivity contribution in [3.63, 3.8) is 0 Å². The Morgan fingerprint density at radius 3 is 2.24 bits per heavy atom. The van der Waals surface area contributed by atoms with Crippen LogP contribution in [0.3, 0.4) is 0 Å². The first-order valence-electron chi connectivity index (χ1n) is 8.50. The molecule has 2 aliphatic carbocycles. The molecule has 21 heavy (non-hydrogen) atoms. The number of rotatable bonds is 7. The number of nitrogens with one attached hydrogen (secondary N) is 1. The average Bonchev–Trinajstić information content (AvgIpc) is 3.25. The standard InChI is InChI=1S/C15H29N3O2S/c1-17(12-14-3-2-4-14)21(19,20)18-9-7-13(8-10-18)11-16-15-5-6-15/h13-16H,2-12H2,1H3. The van der Waals surface area contributed by atoms with E-state index in [4.69, 9.17) is 0 Å². The molecule has 1 aliphatic heterocycles. The summed E-state index contributed by atoms with van der Waals surface area (Å²) >= 11 is 0. The van der Waals surface area contributed by atoms with Crippen LogP contribution in [0.25, 0.3) is 0 Å². The van der Waals surface area contributed by atoms with Crippen LogP contribution in [0.4, 0.5) is 0 Å². The van der Waals surface area contributed by atoms with Gasteiger partial charge < -0.3 is 5.32 Å². The van der Waals surface area contributed by atoms with E-state index >= 15 is 0 Å². The van der Waals surface area contributed by atoms with Crippen molar-refractivity contribution in [2.75, 3.05) is 33.2 Å². The van der Waals surface area contributed by atoms with Gasteiger partial charge in [0.25, 0.3) is 10.2 Å². The summed E-state index contributed by atoms with van der Waals surface area (Å²) in [5, 5.41) is 3.57. The van der Waals surface area contributed by atoms with Gasteiger partial charge in [-0.2, -0.15) is 17.0 Å². The van der Waals surface area contributed by atoms with Crippen LogP contribution < -0.4 is 5.32 Å². The van der Waals surface area contributed by atoms with E-state index in [2.05, 4.69) is 5.32 Å². The van der Waals surface area contributed by atoms with Gasteiger partial charge in [-0.1, -0.05) is 6.42 Å². The van der Waals surface area contributed by atoms with Crippen LogP contribution in [-0.2, 0) is 10.2 Å². The molecule has 3 fully saturated rings. The van der Waals surface area contributed by atoms with Crippen molar-refractivity contribution in [3.8, 4) is 0 Å². The average molecular weight is 315 g/mol. The maximum Gasteiger partial charge on any atom is 0.281 e. The number of piperidine rings is 1. The van der Waals surface area contributed by atoms with Crippen molar-refractivity contribution in [2.45, 2.75) is 51.0 Å². The summed E-state index contributed by atoms with van der Waals surface area (Å²) in [7, 11) is -1.48. The molecule has 122 valence electrons. The third kappa shape index (κ3) is 3.97. The first-order chi connectivity index (χ1) is 10.1. The molecule has 0 bridgehead atoms. The van der Waals surface area contributed by atoms with Crippen LogP contribution in [-0.4, -0.2) is 56.3 Å². The van der Waals surface area contributed by atoms with Gasteiger partial charge >= 0.3 is 0 Å². The lowest BCUT2D eigenvalue weighted by molar-refractivity contribution is 0.229. The molecule has 3 aliphatic rings. The molecule has 0 aromatic carbocycles. The van der Waals surface area contributed by atoms with E-state index < -0.39 is 10.2 Å². The van der Waals surface area contributed by atoms with E-state index in [0.717, 1.165) is 25.4 Å². The Balaban J connectivity index is 1.44. The molecule has 0 aromatic rings.